The van der Waals surface area contributed by atoms with Crippen LogP contribution in [0.15, 0.2) is 0 Å². The second-order valence-electron chi connectivity index (χ2n) is 6.05. The van der Waals surface area contributed by atoms with Gasteiger partial charge in [-0.1, -0.05) is 6.92 Å². The van der Waals surface area contributed by atoms with E-state index in [4.69, 9.17) is 5.73 Å². The van der Waals surface area contributed by atoms with Gasteiger partial charge in [0.1, 0.15) is 6.04 Å². The minimum Gasteiger partial charge on any atom is -0.352 e. The fourth-order valence-electron chi connectivity index (χ4n) is 2.52. The topological polar surface area (TPSA) is 84.2 Å². The highest BCUT2D eigenvalue weighted by Crippen LogP contribution is 2.29. The average molecular weight is 269 g/mol. The molecule has 1 rings (SSSR count). The average Bonchev–Trinajstić information content (AvgIpc) is 2.31. The Balaban J connectivity index is 2.51. The van der Waals surface area contributed by atoms with Gasteiger partial charge in [0.25, 0.3) is 0 Å². The summed E-state index contributed by atoms with van der Waals surface area (Å²) in [7, 11) is 0. The Morgan fingerprint density at radius 3 is 2.37 bits per heavy atom. The van der Waals surface area contributed by atoms with E-state index in [0.29, 0.717) is 12.3 Å². The Hall–Kier alpha value is -1.10. The molecule has 4 unspecified atom stereocenters. The minimum absolute atomic E-state index is 0.0472. The van der Waals surface area contributed by atoms with Gasteiger partial charge in [0, 0.05) is 18.0 Å². The molecule has 110 valence electrons. The van der Waals surface area contributed by atoms with Crippen molar-refractivity contribution < 1.29 is 9.59 Å². The fourth-order valence-corrected chi connectivity index (χ4v) is 2.52. The number of rotatable bonds is 4. The highest BCUT2D eigenvalue weighted by atomic mass is 16.2. The Labute approximate surface area is 115 Å². The summed E-state index contributed by atoms with van der Waals surface area (Å²) in [6, 6.07) is -0.319. The van der Waals surface area contributed by atoms with Gasteiger partial charge >= 0.3 is 0 Å². The first-order chi connectivity index (χ1) is 8.81. The van der Waals surface area contributed by atoms with Crippen LogP contribution in [0.3, 0.4) is 0 Å². The Morgan fingerprint density at radius 1 is 1.16 bits per heavy atom. The van der Waals surface area contributed by atoms with Crippen molar-refractivity contribution in [2.75, 3.05) is 0 Å². The van der Waals surface area contributed by atoms with E-state index in [1.54, 1.807) is 6.92 Å². The zero-order valence-corrected chi connectivity index (χ0v) is 12.4. The maximum absolute atomic E-state index is 12.2. The zero-order valence-electron chi connectivity index (χ0n) is 12.4. The lowest BCUT2D eigenvalue weighted by atomic mass is 9.77. The van der Waals surface area contributed by atoms with Crippen molar-refractivity contribution in [1.82, 2.24) is 10.6 Å². The lowest BCUT2D eigenvalue weighted by Crippen LogP contribution is -2.50. The van der Waals surface area contributed by atoms with Crippen molar-refractivity contribution in [3.63, 3.8) is 0 Å². The van der Waals surface area contributed by atoms with E-state index in [1.807, 2.05) is 13.8 Å². The molecule has 0 aliphatic heterocycles. The first-order valence-corrected chi connectivity index (χ1v) is 7.17. The van der Waals surface area contributed by atoms with Crippen molar-refractivity contribution in [3.8, 4) is 0 Å². The van der Waals surface area contributed by atoms with Crippen LogP contribution in [-0.2, 0) is 9.59 Å². The summed E-state index contributed by atoms with van der Waals surface area (Å²) < 4.78 is 0. The molecule has 0 aromatic rings. The third-order valence-electron chi connectivity index (χ3n) is 3.76. The predicted molar refractivity (Wildman–Crippen MR) is 75.4 cm³/mol. The van der Waals surface area contributed by atoms with Gasteiger partial charge in [-0.15, -0.1) is 0 Å². The largest absolute Gasteiger partial charge is 0.352 e. The second-order valence-corrected chi connectivity index (χ2v) is 6.05. The van der Waals surface area contributed by atoms with E-state index in [0.717, 1.165) is 12.8 Å². The zero-order chi connectivity index (χ0) is 14.6. The molecule has 0 aromatic heterocycles. The summed E-state index contributed by atoms with van der Waals surface area (Å²) in [5.41, 5.74) is 5.92. The van der Waals surface area contributed by atoms with Gasteiger partial charge in [-0.05, 0) is 46.0 Å². The Bertz CT molecular complexity index is 331. The molecule has 19 heavy (non-hydrogen) atoms. The van der Waals surface area contributed by atoms with Gasteiger partial charge in [-0.2, -0.15) is 0 Å². The number of nitrogens with two attached hydrogens (primary N) is 1. The van der Waals surface area contributed by atoms with Crippen LogP contribution in [0.5, 0.6) is 0 Å². The summed E-state index contributed by atoms with van der Waals surface area (Å²) in [4.78, 5) is 24.0. The van der Waals surface area contributed by atoms with Crippen LogP contribution >= 0.6 is 0 Å². The Morgan fingerprint density at radius 2 is 1.79 bits per heavy atom. The number of hydrogen-bond acceptors (Lipinski definition) is 3. The monoisotopic (exact) mass is 269 g/mol. The lowest BCUT2D eigenvalue weighted by Gasteiger charge is -2.32. The van der Waals surface area contributed by atoms with Crippen LogP contribution in [0.2, 0.25) is 0 Å². The SMILES string of the molecule is CC(C)NC(=O)C(C)NC(=O)C1CC(N)CCC1C. The van der Waals surface area contributed by atoms with Crippen molar-refractivity contribution >= 4 is 11.8 Å². The number of carbonyl (C=O) groups excluding carboxylic acids is 2. The molecule has 0 bridgehead atoms. The van der Waals surface area contributed by atoms with E-state index >= 15 is 0 Å². The number of hydrogen-bond donors (Lipinski definition) is 3. The standard InChI is InChI=1S/C14H27N3O2/c1-8(2)16-13(18)10(4)17-14(19)12-7-11(15)6-5-9(12)3/h8-12H,5-7,15H2,1-4H3,(H,16,18)(H,17,19). The van der Waals surface area contributed by atoms with Gasteiger partial charge in [0.15, 0.2) is 0 Å². The van der Waals surface area contributed by atoms with Gasteiger partial charge in [0.2, 0.25) is 11.8 Å². The summed E-state index contributed by atoms with van der Waals surface area (Å²) in [5.74, 6) is 0.0726. The molecular formula is C14H27N3O2. The lowest BCUT2D eigenvalue weighted by molar-refractivity contribution is -0.132. The molecule has 4 N–H and O–H groups in total. The van der Waals surface area contributed by atoms with Crippen LogP contribution in [0.1, 0.15) is 47.0 Å². The molecule has 1 saturated carbocycles. The molecular weight excluding hydrogens is 242 g/mol. The van der Waals surface area contributed by atoms with E-state index < -0.39 is 6.04 Å². The molecule has 0 spiro atoms. The van der Waals surface area contributed by atoms with E-state index in [-0.39, 0.29) is 29.8 Å². The molecule has 2 amide bonds. The molecule has 5 nitrogen and oxygen atoms in total. The number of amides is 2. The summed E-state index contributed by atoms with van der Waals surface area (Å²) in [5, 5.41) is 5.59. The third-order valence-corrected chi connectivity index (χ3v) is 3.76. The fraction of sp³-hybridized carbons (Fsp3) is 0.857. The molecule has 0 heterocycles. The van der Waals surface area contributed by atoms with Crippen molar-refractivity contribution in [2.24, 2.45) is 17.6 Å². The maximum atomic E-state index is 12.2. The molecule has 1 aliphatic rings. The molecule has 4 atom stereocenters. The van der Waals surface area contributed by atoms with Crippen LogP contribution in [0, 0.1) is 11.8 Å². The highest BCUT2D eigenvalue weighted by Gasteiger charge is 2.32. The van der Waals surface area contributed by atoms with Crippen LogP contribution in [0.25, 0.3) is 0 Å². The minimum atomic E-state index is -0.500. The molecule has 1 fully saturated rings. The smallest absolute Gasteiger partial charge is 0.242 e. The first kappa shape index (κ1) is 16.0. The van der Waals surface area contributed by atoms with Crippen LogP contribution < -0.4 is 16.4 Å². The van der Waals surface area contributed by atoms with Gasteiger partial charge < -0.3 is 16.4 Å². The summed E-state index contributed by atoms with van der Waals surface area (Å²) in [6.07, 6.45) is 2.67. The number of nitrogens with one attached hydrogen (secondary N) is 2. The molecule has 0 radical (unpaired) electrons. The summed E-state index contributed by atoms with van der Waals surface area (Å²) in [6.45, 7) is 7.58. The molecule has 5 heteroatoms. The van der Waals surface area contributed by atoms with Crippen LogP contribution in [0.4, 0.5) is 0 Å². The van der Waals surface area contributed by atoms with Gasteiger partial charge in [-0.3, -0.25) is 9.59 Å². The predicted octanol–water partition coefficient (Wildman–Crippen LogP) is 0.779. The van der Waals surface area contributed by atoms with E-state index in [2.05, 4.69) is 17.6 Å². The Kier molecular flexibility index (Phi) is 5.79. The number of carbonyl (C=O) groups is 2. The molecule has 1 aliphatic carbocycles. The summed E-state index contributed by atoms with van der Waals surface area (Å²) >= 11 is 0. The van der Waals surface area contributed by atoms with Crippen LogP contribution in [-0.4, -0.2) is 29.9 Å². The second kappa shape index (κ2) is 6.89. The quantitative estimate of drug-likeness (QED) is 0.705. The molecule has 0 saturated heterocycles. The normalized spacial score (nSPS) is 28.8. The third kappa shape index (κ3) is 4.82. The van der Waals surface area contributed by atoms with Gasteiger partial charge in [-0.25, -0.2) is 0 Å². The van der Waals surface area contributed by atoms with E-state index in [1.165, 1.54) is 0 Å². The maximum Gasteiger partial charge on any atom is 0.242 e. The van der Waals surface area contributed by atoms with Crippen molar-refractivity contribution in [3.05, 3.63) is 0 Å². The first-order valence-electron chi connectivity index (χ1n) is 7.17. The van der Waals surface area contributed by atoms with Crippen molar-refractivity contribution in [1.29, 1.82) is 0 Å². The van der Waals surface area contributed by atoms with E-state index in [9.17, 15) is 9.59 Å². The van der Waals surface area contributed by atoms with Crippen molar-refractivity contribution in [2.45, 2.75) is 65.1 Å². The molecule has 0 aromatic carbocycles. The highest BCUT2D eigenvalue weighted by molar-refractivity contribution is 5.88. The van der Waals surface area contributed by atoms with Gasteiger partial charge in [0.05, 0.1) is 0 Å².